The summed E-state index contributed by atoms with van der Waals surface area (Å²) in [4.78, 5) is 0. The number of nitrogens with one attached hydrogen (secondary N) is 1. The Bertz CT molecular complexity index is 385. The summed E-state index contributed by atoms with van der Waals surface area (Å²) in [6.45, 7) is 11.6. The minimum absolute atomic E-state index is 0.380. The van der Waals surface area contributed by atoms with E-state index in [0.717, 1.165) is 23.9 Å². The normalized spacial score (nSPS) is 12.5. The van der Waals surface area contributed by atoms with Gasteiger partial charge in [-0.05, 0) is 49.6 Å². The minimum atomic E-state index is 0.380. The molecule has 0 aliphatic heterocycles. The molecule has 0 fully saturated rings. The van der Waals surface area contributed by atoms with Gasteiger partial charge in [0.05, 0.1) is 0 Å². The fourth-order valence-corrected chi connectivity index (χ4v) is 2.34. The SMILES string of the molecule is C=C(CC)CC(NCC)c1cc(Br)ccc1C. The van der Waals surface area contributed by atoms with Gasteiger partial charge in [-0.25, -0.2) is 0 Å². The van der Waals surface area contributed by atoms with Crippen molar-refractivity contribution in [1.29, 1.82) is 0 Å². The van der Waals surface area contributed by atoms with Crippen molar-refractivity contribution < 1.29 is 0 Å². The van der Waals surface area contributed by atoms with Crippen LogP contribution in [0.3, 0.4) is 0 Å². The smallest absolute Gasteiger partial charge is 0.0360 e. The van der Waals surface area contributed by atoms with E-state index in [1.54, 1.807) is 0 Å². The molecule has 0 radical (unpaired) electrons. The van der Waals surface area contributed by atoms with Gasteiger partial charge in [-0.2, -0.15) is 0 Å². The molecular formula is C15H22BrN. The van der Waals surface area contributed by atoms with Crippen LogP contribution in [0.1, 0.15) is 43.9 Å². The van der Waals surface area contributed by atoms with Crippen molar-refractivity contribution in [2.24, 2.45) is 0 Å². The van der Waals surface area contributed by atoms with Crippen LogP contribution < -0.4 is 5.32 Å². The van der Waals surface area contributed by atoms with Gasteiger partial charge in [-0.15, -0.1) is 0 Å². The van der Waals surface area contributed by atoms with Gasteiger partial charge in [0, 0.05) is 10.5 Å². The standard InChI is InChI=1S/C15H22BrN/c1-5-11(3)9-15(17-6-2)14-10-13(16)8-7-12(14)4/h7-8,10,15,17H,3,5-6,9H2,1-2,4H3. The Labute approximate surface area is 113 Å². The summed E-state index contributed by atoms with van der Waals surface area (Å²) < 4.78 is 1.14. The van der Waals surface area contributed by atoms with Crippen LogP contribution in [-0.2, 0) is 0 Å². The molecule has 0 bridgehead atoms. The molecule has 1 atom stereocenters. The highest BCUT2D eigenvalue weighted by Crippen LogP contribution is 2.27. The lowest BCUT2D eigenvalue weighted by Gasteiger charge is -2.21. The number of halogens is 1. The summed E-state index contributed by atoms with van der Waals surface area (Å²) in [6.07, 6.45) is 2.07. The molecule has 0 amide bonds. The van der Waals surface area contributed by atoms with Crippen molar-refractivity contribution >= 4 is 15.9 Å². The van der Waals surface area contributed by atoms with Gasteiger partial charge in [0.15, 0.2) is 0 Å². The van der Waals surface area contributed by atoms with E-state index in [1.165, 1.54) is 16.7 Å². The van der Waals surface area contributed by atoms with Crippen molar-refractivity contribution in [3.63, 3.8) is 0 Å². The van der Waals surface area contributed by atoms with E-state index in [-0.39, 0.29) is 0 Å². The lowest BCUT2D eigenvalue weighted by molar-refractivity contribution is 0.540. The number of rotatable bonds is 6. The van der Waals surface area contributed by atoms with E-state index < -0.39 is 0 Å². The monoisotopic (exact) mass is 295 g/mol. The lowest BCUT2D eigenvalue weighted by atomic mass is 9.95. The molecule has 17 heavy (non-hydrogen) atoms. The summed E-state index contributed by atoms with van der Waals surface area (Å²) in [5, 5.41) is 3.55. The van der Waals surface area contributed by atoms with Crippen LogP contribution in [0.2, 0.25) is 0 Å². The zero-order valence-electron chi connectivity index (χ0n) is 11.0. The molecule has 0 aliphatic rings. The second-order valence-corrected chi connectivity index (χ2v) is 5.33. The highest BCUT2D eigenvalue weighted by molar-refractivity contribution is 9.10. The van der Waals surface area contributed by atoms with Gasteiger partial charge in [-0.1, -0.05) is 48.0 Å². The van der Waals surface area contributed by atoms with Crippen molar-refractivity contribution in [1.82, 2.24) is 5.32 Å². The molecule has 1 aromatic rings. The van der Waals surface area contributed by atoms with Gasteiger partial charge < -0.3 is 5.32 Å². The molecule has 0 aromatic heterocycles. The fourth-order valence-electron chi connectivity index (χ4n) is 1.96. The fraction of sp³-hybridized carbons (Fsp3) is 0.467. The highest BCUT2D eigenvalue weighted by Gasteiger charge is 2.13. The molecule has 0 saturated heterocycles. The highest BCUT2D eigenvalue weighted by atomic mass is 79.9. The van der Waals surface area contributed by atoms with Gasteiger partial charge in [0.2, 0.25) is 0 Å². The number of hydrogen-bond acceptors (Lipinski definition) is 1. The second-order valence-electron chi connectivity index (χ2n) is 4.42. The maximum absolute atomic E-state index is 4.12. The van der Waals surface area contributed by atoms with Gasteiger partial charge in [0.1, 0.15) is 0 Å². The zero-order valence-corrected chi connectivity index (χ0v) is 12.6. The van der Waals surface area contributed by atoms with Crippen LogP contribution in [0, 0.1) is 6.92 Å². The van der Waals surface area contributed by atoms with Crippen molar-refractivity contribution in [2.75, 3.05) is 6.54 Å². The van der Waals surface area contributed by atoms with Crippen LogP contribution >= 0.6 is 15.9 Å². The molecule has 1 unspecified atom stereocenters. The van der Waals surface area contributed by atoms with E-state index in [2.05, 4.69) is 66.8 Å². The molecule has 1 nitrogen and oxygen atoms in total. The van der Waals surface area contributed by atoms with E-state index in [0.29, 0.717) is 6.04 Å². The Morgan fingerprint density at radius 1 is 1.41 bits per heavy atom. The molecule has 0 saturated carbocycles. The molecule has 2 heteroatoms. The van der Waals surface area contributed by atoms with Crippen LogP contribution in [0.4, 0.5) is 0 Å². The molecular weight excluding hydrogens is 274 g/mol. The summed E-state index contributed by atoms with van der Waals surface area (Å²) >= 11 is 3.55. The third kappa shape index (κ3) is 4.29. The van der Waals surface area contributed by atoms with Gasteiger partial charge >= 0.3 is 0 Å². The molecule has 1 rings (SSSR count). The quantitative estimate of drug-likeness (QED) is 0.746. The van der Waals surface area contributed by atoms with Crippen molar-refractivity contribution in [3.05, 3.63) is 46.0 Å². The third-order valence-electron chi connectivity index (χ3n) is 3.06. The predicted molar refractivity (Wildman–Crippen MR) is 79.3 cm³/mol. The Hall–Kier alpha value is -0.600. The van der Waals surface area contributed by atoms with Gasteiger partial charge in [-0.3, -0.25) is 0 Å². The third-order valence-corrected chi connectivity index (χ3v) is 3.55. The summed E-state index contributed by atoms with van der Waals surface area (Å²) in [5.41, 5.74) is 4.01. The van der Waals surface area contributed by atoms with E-state index in [1.807, 2.05) is 0 Å². The second kappa shape index (κ2) is 6.97. The topological polar surface area (TPSA) is 12.0 Å². The molecule has 0 spiro atoms. The van der Waals surface area contributed by atoms with Crippen LogP contribution in [0.5, 0.6) is 0 Å². The average molecular weight is 296 g/mol. The Morgan fingerprint density at radius 2 is 2.12 bits per heavy atom. The lowest BCUT2D eigenvalue weighted by Crippen LogP contribution is -2.22. The largest absolute Gasteiger partial charge is 0.310 e. The van der Waals surface area contributed by atoms with Crippen molar-refractivity contribution in [2.45, 2.75) is 39.7 Å². The number of benzene rings is 1. The summed E-state index contributed by atoms with van der Waals surface area (Å²) in [6, 6.07) is 6.85. The molecule has 1 N–H and O–H groups in total. The average Bonchev–Trinajstić information content (AvgIpc) is 2.31. The van der Waals surface area contributed by atoms with Crippen LogP contribution in [0.25, 0.3) is 0 Å². The van der Waals surface area contributed by atoms with Crippen molar-refractivity contribution in [3.8, 4) is 0 Å². The van der Waals surface area contributed by atoms with Gasteiger partial charge in [0.25, 0.3) is 0 Å². The Kier molecular flexibility index (Phi) is 5.93. The first-order valence-electron chi connectivity index (χ1n) is 6.24. The molecule has 94 valence electrons. The van der Waals surface area contributed by atoms with E-state index in [9.17, 15) is 0 Å². The number of hydrogen-bond donors (Lipinski definition) is 1. The maximum atomic E-state index is 4.12. The first-order valence-corrected chi connectivity index (χ1v) is 7.03. The first-order chi connectivity index (χ1) is 8.08. The number of aryl methyl sites for hydroxylation is 1. The summed E-state index contributed by atoms with van der Waals surface area (Å²) in [7, 11) is 0. The predicted octanol–water partition coefficient (Wildman–Crippen LogP) is 4.76. The first kappa shape index (κ1) is 14.5. The van der Waals surface area contributed by atoms with Crippen LogP contribution in [-0.4, -0.2) is 6.54 Å². The minimum Gasteiger partial charge on any atom is -0.310 e. The molecule has 1 aromatic carbocycles. The Morgan fingerprint density at radius 3 is 2.71 bits per heavy atom. The van der Waals surface area contributed by atoms with Crippen LogP contribution in [0.15, 0.2) is 34.8 Å². The summed E-state index contributed by atoms with van der Waals surface area (Å²) in [5.74, 6) is 0. The van der Waals surface area contributed by atoms with E-state index >= 15 is 0 Å². The van der Waals surface area contributed by atoms with E-state index in [4.69, 9.17) is 0 Å². The molecule has 0 aliphatic carbocycles. The Balaban J connectivity index is 2.95. The molecule has 0 heterocycles. The maximum Gasteiger partial charge on any atom is 0.0360 e. The zero-order chi connectivity index (χ0) is 12.8.